The monoisotopic (exact) mass is 536 g/mol. The predicted octanol–water partition coefficient (Wildman–Crippen LogP) is 6.12. The molecule has 0 fully saturated rings. The summed E-state index contributed by atoms with van der Waals surface area (Å²) in [4.78, 5) is 0. The van der Waals surface area contributed by atoms with Gasteiger partial charge in [0.25, 0.3) is 0 Å². The molecule has 0 bridgehead atoms. The number of halogens is 12. The highest BCUT2D eigenvalue weighted by Gasteiger charge is 2.75. The third-order valence-electron chi connectivity index (χ3n) is 4.48. The molecular formula is C20H8F12N2O2. The summed E-state index contributed by atoms with van der Waals surface area (Å²) in [5, 5.41) is 17.7. The van der Waals surface area contributed by atoms with Crippen molar-refractivity contribution in [1.82, 2.24) is 0 Å². The second kappa shape index (κ2) is 10.0. The average molecular weight is 536 g/mol. The molecule has 36 heavy (non-hydrogen) atoms. The van der Waals surface area contributed by atoms with Crippen LogP contribution in [-0.2, 0) is 6.61 Å². The Kier molecular flexibility index (Phi) is 7.93. The molecule has 2 aromatic carbocycles. The van der Waals surface area contributed by atoms with Crippen molar-refractivity contribution in [3.63, 3.8) is 0 Å². The minimum absolute atomic E-state index is 0.116. The Bertz CT molecular complexity index is 1210. The average Bonchev–Trinajstić information content (AvgIpc) is 2.82. The second-order valence-corrected chi connectivity index (χ2v) is 6.77. The lowest BCUT2D eigenvalue weighted by Gasteiger charge is -2.32. The van der Waals surface area contributed by atoms with Crippen molar-refractivity contribution in [2.75, 3.05) is 6.61 Å². The maximum Gasteiger partial charge on any atom is 0.381 e. The van der Waals surface area contributed by atoms with Crippen molar-refractivity contribution in [1.29, 1.82) is 10.5 Å². The Morgan fingerprint density at radius 3 is 1.78 bits per heavy atom. The minimum Gasteiger partial charge on any atom is -0.489 e. The Morgan fingerprint density at radius 2 is 1.31 bits per heavy atom. The van der Waals surface area contributed by atoms with E-state index < -0.39 is 72.0 Å². The molecule has 0 N–H and O–H groups in total. The first kappa shape index (κ1) is 28.4. The number of ether oxygens (including phenoxy) is 2. The molecule has 0 atom stereocenters. The number of rotatable bonds is 9. The zero-order valence-corrected chi connectivity index (χ0v) is 17.0. The molecular weight excluding hydrogens is 528 g/mol. The van der Waals surface area contributed by atoms with Gasteiger partial charge in [0.1, 0.15) is 24.5 Å². The number of nitriles is 2. The number of hydrogen-bond donors (Lipinski definition) is 0. The molecule has 0 unspecified atom stereocenters. The fourth-order valence-electron chi connectivity index (χ4n) is 2.50. The Balaban J connectivity index is 2.32. The smallest absolute Gasteiger partial charge is 0.381 e. The lowest BCUT2D eigenvalue weighted by atomic mass is 10.1. The standard InChI is InChI=1S/C20H8F12N2O2/c21-12-11(6-35-10-2-1-8(4-33)9(3-10)5-34)13(22)15(24)16(14(12)23)36-7-18(27,28)20(31,32)19(29,30)17(25)26/h1-3,17H,6-7H2. The lowest BCUT2D eigenvalue weighted by Crippen LogP contribution is -2.59. The van der Waals surface area contributed by atoms with Crippen molar-refractivity contribution >= 4 is 0 Å². The maximum atomic E-state index is 14.2. The summed E-state index contributed by atoms with van der Waals surface area (Å²) >= 11 is 0. The predicted molar refractivity (Wildman–Crippen MR) is 92.8 cm³/mol. The van der Waals surface area contributed by atoms with Crippen LogP contribution in [0.4, 0.5) is 52.7 Å². The van der Waals surface area contributed by atoms with Gasteiger partial charge < -0.3 is 9.47 Å². The molecule has 0 aromatic heterocycles. The Labute approximate surface area is 192 Å². The first-order valence-electron chi connectivity index (χ1n) is 8.99. The van der Waals surface area contributed by atoms with Gasteiger partial charge >= 0.3 is 24.2 Å². The normalized spacial score (nSPS) is 12.3. The van der Waals surface area contributed by atoms with Crippen molar-refractivity contribution in [3.05, 3.63) is 58.2 Å². The summed E-state index contributed by atoms with van der Waals surface area (Å²) in [6.45, 7) is -4.37. The van der Waals surface area contributed by atoms with E-state index >= 15 is 0 Å². The molecule has 0 aliphatic carbocycles. The summed E-state index contributed by atoms with van der Waals surface area (Å²) < 4.78 is 169. The summed E-state index contributed by atoms with van der Waals surface area (Å²) in [6.07, 6.45) is -5.28. The van der Waals surface area contributed by atoms with Crippen molar-refractivity contribution in [2.24, 2.45) is 0 Å². The van der Waals surface area contributed by atoms with Gasteiger partial charge in [-0.2, -0.15) is 45.6 Å². The number of alkyl halides is 8. The molecule has 0 aliphatic heterocycles. The van der Waals surface area contributed by atoms with Crippen LogP contribution in [0.1, 0.15) is 16.7 Å². The van der Waals surface area contributed by atoms with E-state index in [4.69, 9.17) is 15.3 Å². The SMILES string of the molecule is N#Cc1ccc(OCc2c(F)c(F)c(OCC(F)(F)C(F)(F)C(F)(F)C(F)F)c(F)c2F)cc1C#N. The Morgan fingerprint density at radius 1 is 0.778 bits per heavy atom. The molecule has 0 radical (unpaired) electrons. The van der Waals surface area contributed by atoms with Crippen LogP contribution < -0.4 is 9.47 Å². The summed E-state index contributed by atoms with van der Waals surface area (Å²) in [7, 11) is 0. The zero-order chi connectivity index (χ0) is 27.6. The Hall–Kier alpha value is -3.82. The van der Waals surface area contributed by atoms with Crippen LogP contribution in [0.3, 0.4) is 0 Å². The topological polar surface area (TPSA) is 66.0 Å². The van der Waals surface area contributed by atoms with E-state index in [9.17, 15) is 52.7 Å². The minimum atomic E-state index is -6.80. The highest BCUT2D eigenvalue weighted by Crippen LogP contribution is 2.48. The van der Waals surface area contributed by atoms with Crippen molar-refractivity contribution in [3.8, 4) is 23.6 Å². The molecule has 0 aliphatic rings. The molecule has 0 amide bonds. The number of hydrogen-bond acceptors (Lipinski definition) is 4. The van der Waals surface area contributed by atoms with E-state index in [-0.39, 0.29) is 16.9 Å². The van der Waals surface area contributed by atoms with Gasteiger partial charge in [0.15, 0.2) is 24.0 Å². The van der Waals surface area contributed by atoms with Crippen LogP contribution in [0.2, 0.25) is 0 Å². The molecule has 4 nitrogen and oxygen atoms in total. The first-order chi connectivity index (χ1) is 16.5. The van der Waals surface area contributed by atoms with Gasteiger partial charge in [-0.15, -0.1) is 0 Å². The molecule has 194 valence electrons. The number of benzene rings is 2. The molecule has 0 saturated carbocycles. The molecule has 0 spiro atoms. The van der Waals surface area contributed by atoms with Gasteiger partial charge in [-0.1, -0.05) is 0 Å². The van der Waals surface area contributed by atoms with Gasteiger partial charge in [-0.25, -0.2) is 17.6 Å². The fourth-order valence-corrected chi connectivity index (χ4v) is 2.50. The van der Waals surface area contributed by atoms with Crippen LogP contribution in [0.15, 0.2) is 18.2 Å². The van der Waals surface area contributed by atoms with Crippen molar-refractivity contribution in [2.45, 2.75) is 30.8 Å². The van der Waals surface area contributed by atoms with E-state index in [0.29, 0.717) is 0 Å². The largest absolute Gasteiger partial charge is 0.489 e. The van der Waals surface area contributed by atoms with Crippen molar-refractivity contribution < 1.29 is 62.2 Å². The van der Waals surface area contributed by atoms with Crippen LogP contribution in [0.25, 0.3) is 0 Å². The third kappa shape index (κ3) is 4.93. The van der Waals surface area contributed by atoms with Gasteiger partial charge in [-0.05, 0) is 18.2 Å². The van der Waals surface area contributed by atoms with E-state index in [1.165, 1.54) is 0 Å². The van der Waals surface area contributed by atoms with E-state index in [2.05, 4.69) is 4.74 Å². The molecule has 2 rings (SSSR count). The van der Waals surface area contributed by atoms with Gasteiger partial charge in [0.2, 0.25) is 11.6 Å². The summed E-state index contributed by atoms with van der Waals surface area (Å²) in [5.74, 6) is -32.1. The van der Waals surface area contributed by atoms with Crippen LogP contribution in [-0.4, -0.2) is 30.8 Å². The highest BCUT2D eigenvalue weighted by molar-refractivity contribution is 5.49. The summed E-state index contributed by atoms with van der Waals surface area (Å²) in [6, 6.07) is 6.26. The van der Waals surface area contributed by atoms with E-state index in [1.54, 1.807) is 12.1 Å². The van der Waals surface area contributed by atoms with Crippen LogP contribution in [0, 0.1) is 45.9 Å². The van der Waals surface area contributed by atoms with Gasteiger partial charge in [-0.3, -0.25) is 0 Å². The van der Waals surface area contributed by atoms with Crippen LogP contribution >= 0.6 is 0 Å². The van der Waals surface area contributed by atoms with Gasteiger partial charge in [0.05, 0.1) is 16.7 Å². The maximum absolute atomic E-state index is 14.2. The highest BCUT2D eigenvalue weighted by atomic mass is 19.4. The summed E-state index contributed by atoms with van der Waals surface area (Å²) in [5.41, 5.74) is -1.87. The van der Waals surface area contributed by atoms with E-state index in [0.717, 1.165) is 18.2 Å². The lowest BCUT2D eigenvalue weighted by molar-refractivity contribution is -0.342. The zero-order valence-electron chi connectivity index (χ0n) is 17.0. The third-order valence-corrected chi connectivity index (χ3v) is 4.48. The molecule has 2 aromatic rings. The fraction of sp³-hybridized carbons (Fsp3) is 0.300. The van der Waals surface area contributed by atoms with Gasteiger partial charge in [0, 0.05) is 0 Å². The first-order valence-corrected chi connectivity index (χ1v) is 8.99. The number of nitrogens with zero attached hydrogens (tertiary/aromatic N) is 2. The quantitative estimate of drug-likeness (QED) is 0.287. The molecule has 16 heteroatoms. The molecule has 0 saturated heterocycles. The molecule has 0 heterocycles. The van der Waals surface area contributed by atoms with Crippen LogP contribution in [0.5, 0.6) is 11.5 Å². The second-order valence-electron chi connectivity index (χ2n) is 6.77. The van der Waals surface area contributed by atoms with E-state index in [1.807, 2.05) is 0 Å².